The van der Waals surface area contributed by atoms with E-state index in [1.165, 1.54) is 0 Å². The molecule has 0 saturated heterocycles. The van der Waals surface area contributed by atoms with Gasteiger partial charge in [-0.25, -0.2) is 4.39 Å². The van der Waals surface area contributed by atoms with Crippen molar-refractivity contribution in [3.63, 3.8) is 0 Å². The highest BCUT2D eigenvalue weighted by molar-refractivity contribution is 9.10. The van der Waals surface area contributed by atoms with E-state index >= 15 is 0 Å². The largest absolute Gasteiger partial charge is 0.389 e. The number of nitrogens with two attached hydrogens (primary N) is 1. The Hall–Kier alpha value is -0.720. The summed E-state index contributed by atoms with van der Waals surface area (Å²) in [7, 11) is 0. The lowest BCUT2D eigenvalue weighted by molar-refractivity contribution is 0.0765. The molecule has 6 heteroatoms. The predicted molar refractivity (Wildman–Crippen MR) is 88.8 cm³/mol. The molecule has 0 fully saturated rings. The van der Waals surface area contributed by atoms with Crippen molar-refractivity contribution in [1.29, 1.82) is 0 Å². The van der Waals surface area contributed by atoms with Gasteiger partial charge in [0.2, 0.25) is 0 Å². The number of halogens is 2. The van der Waals surface area contributed by atoms with Crippen LogP contribution in [0.3, 0.4) is 0 Å². The molecule has 0 aliphatic heterocycles. The molecule has 1 aromatic carbocycles. The maximum atomic E-state index is 14.1. The van der Waals surface area contributed by atoms with Crippen LogP contribution in [0, 0.1) is 5.82 Å². The first-order valence-corrected chi connectivity index (χ1v) is 7.77. The first kappa shape index (κ1) is 17.3. The lowest BCUT2D eigenvalue weighted by Gasteiger charge is -2.11. The van der Waals surface area contributed by atoms with Gasteiger partial charge in [0, 0.05) is 18.7 Å². The molecule has 0 aliphatic rings. The Kier molecular flexibility index (Phi) is 7.40. The summed E-state index contributed by atoms with van der Waals surface area (Å²) >= 11 is 8.03. The van der Waals surface area contributed by atoms with E-state index in [2.05, 4.69) is 21.2 Å². The molecule has 0 amide bonds. The first-order valence-electron chi connectivity index (χ1n) is 6.56. The number of hydrogen-bond acceptors (Lipinski definition) is 3. The van der Waals surface area contributed by atoms with E-state index < -0.39 is 0 Å². The van der Waals surface area contributed by atoms with Crippen LogP contribution in [-0.4, -0.2) is 24.2 Å². The van der Waals surface area contributed by atoms with Crippen LogP contribution in [0.15, 0.2) is 16.6 Å². The van der Waals surface area contributed by atoms with Crippen LogP contribution in [0.2, 0.25) is 0 Å². The SMILES string of the molecule is CC(C)OCCCCNc1ccc(C(N)=S)c(Br)c1F. The van der Waals surface area contributed by atoms with Gasteiger partial charge in [0.05, 0.1) is 16.3 Å². The summed E-state index contributed by atoms with van der Waals surface area (Å²) < 4.78 is 19.8. The van der Waals surface area contributed by atoms with E-state index in [0.717, 1.165) is 19.4 Å². The normalized spacial score (nSPS) is 10.8. The van der Waals surface area contributed by atoms with Crippen LogP contribution < -0.4 is 11.1 Å². The molecule has 0 spiro atoms. The van der Waals surface area contributed by atoms with Crippen molar-refractivity contribution >= 4 is 38.8 Å². The van der Waals surface area contributed by atoms with Crippen molar-refractivity contribution in [3.8, 4) is 0 Å². The fourth-order valence-corrected chi connectivity index (χ4v) is 2.51. The minimum absolute atomic E-state index is 0.174. The predicted octanol–water partition coefficient (Wildman–Crippen LogP) is 3.84. The van der Waals surface area contributed by atoms with E-state index in [0.29, 0.717) is 22.3 Å². The minimum atomic E-state index is -0.367. The molecule has 0 radical (unpaired) electrons. The van der Waals surface area contributed by atoms with Gasteiger partial charge >= 0.3 is 0 Å². The summed E-state index contributed by atoms with van der Waals surface area (Å²) in [6.45, 7) is 5.44. The van der Waals surface area contributed by atoms with E-state index in [1.54, 1.807) is 12.1 Å². The zero-order valence-electron chi connectivity index (χ0n) is 11.7. The Morgan fingerprint density at radius 2 is 2.15 bits per heavy atom. The van der Waals surface area contributed by atoms with Crippen molar-refractivity contribution in [3.05, 3.63) is 28.0 Å². The second-order valence-electron chi connectivity index (χ2n) is 4.71. The van der Waals surface area contributed by atoms with Crippen LogP contribution in [0.4, 0.5) is 10.1 Å². The fraction of sp³-hybridized carbons (Fsp3) is 0.500. The summed E-state index contributed by atoms with van der Waals surface area (Å²) in [6.07, 6.45) is 2.11. The zero-order valence-corrected chi connectivity index (χ0v) is 14.1. The lowest BCUT2D eigenvalue weighted by atomic mass is 10.2. The monoisotopic (exact) mass is 362 g/mol. The topological polar surface area (TPSA) is 47.3 Å². The van der Waals surface area contributed by atoms with E-state index in [9.17, 15) is 4.39 Å². The number of ether oxygens (including phenoxy) is 1. The quantitative estimate of drug-likeness (QED) is 0.544. The van der Waals surface area contributed by atoms with Gasteiger partial charge in [0.25, 0.3) is 0 Å². The van der Waals surface area contributed by atoms with Gasteiger partial charge in [0.1, 0.15) is 4.99 Å². The molecule has 112 valence electrons. The molecule has 0 unspecified atom stereocenters. The Bertz CT molecular complexity index is 469. The molecule has 1 aromatic rings. The van der Waals surface area contributed by atoms with Crippen LogP contribution in [0.1, 0.15) is 32.3 Å². The molecule has 20 heavy (non-hydrogen) atoms. The van der Waals surface area contributed by atoms with Crippen molar-refractivity contribution in [2.45, 2.75) is 32.8 Å². The molecular weight excluding hydrogens is 343 g/mol. The summed E-state index contributed by atoms with van der Waals surface area (Å²) in [6, 6.07) is 3.36. The third-order valence-electron chi connectivity index (χ3n) is 2.69. The Labute approximate surface area is 133 Å². The van der Waals surface area contributed by atoms with Crippen molar-refractivity contribution < 1.29 is 9.13 Å². The maximum absolute atomic E-state index is 14.1. The number of thiocarbonyl (C=S) groups is 1. The number of rotatable bonds is 8. The smallest absolute Gasteiger partial charge is 0.161 e. The number of anilines is 1. The lowest BCUT2D eigenvalue weighted by Crippen LogP contribution is -2.12. The van der Waals surface area contributed by atoms with Gasteiger partial charge in [-0.1, -0.05) is 12.2 Å². The third-order valence-corrected chi connectivity index (χ3v) is 3.68. The highest BCUT2D eigenvalue weighted by Crippen LogP contribution is 2.27. The fourth-order valence-electron chi connectivity index (χ4n) is 1.65. The molecule has 0 aromatic heterocycles. The number of benzene rings is 1. The Morgan fingerprint density at radius 3 is 2.75 bits per heavy atom. The van der Waals surface area contributed by atoms with Gasteiger partial charge in [0.15, 0.2) is 5.82 Å². The second-order valence-corrected chi connectivity index (χ2v) is 5.94. The molecule has 3 N–H and O–H groups in total. The minimum Gasteiger partial charge on any atom is -0.389 e. The maximum Gasteiger partial charge on any atom is 0.161 e. The van der Waals surface area contributed by atoms with Gasteiger partial charge in [-0.3, -0.25) is 0 Å². The first-order chi connectivity index (χ1) is 9.43. The summed E-state index contributed by atoms with van der Waals surface area (Å²) in [5, 5.41) is 3.06. The summed E-state index contributed by atoms with van der Waals surface area (Å²) in [5.41, 5.74) is 6.47. The average molecular weight is 363 g/mol. The molecule has 0 atom stereocenters. The molecule has 0 heterocycles. The van der Waals surface area contributed by atoms with E-state index in [1.807, 2.05) is 13.8 Å². The van der Waals surface area contributed by atoms with Crippen molar-refractivity contribution in [1.82, 2.24) is 0 Å². The number of nitrogens with one attached hydrogen (secondary N) is 1. The van der Waals surface area contributed by atoms with Crippen molar-refractivity contribution in [2.24, 2.45) is 5.73 Å². The number of hydrogen-bond donors (Lipinski definition) is 2. The van der Waals surface area contributed by atoms with Gasteiger partial charge in [-0.05, 0) is 54.8 Å². The molecule has 0 aliphatic carbocycles. The van der Waals surface area contributed by atoms with Gasteiger partial charge < -0.3 is 15.8 Å². The highest BCUT2D eigenvalue weighted by Gasteiger charge is 2.12. The van der Waals surface area contributed by atoms with Crippen LogP contribution >= 0.6 is 28.1 Å². The molecule has 0 bridgehead atoms. The van der Waals surface area contributed by atoms with E-state index in [4.69, 9.17) is 22.7 Å². The summed E-state index contributed by atoms with van der Waals surface area (Å²) in [5.74, 6) is -0.367. The van der Waals surface area contributed by atoms with E-state index in [-0.39, 0.29) is 16.9 Å². The van der Waals surface area contributed by atoms with Gasteiger partial charge in [-0.15, -0.1) is 0 Å². The zero-order chi connectivity index (χ0) is 15.1. The summed E-state index contributed by atoms with van der Waals surface area (Å²) in [4.78, 5) is 0.174. The van der Waals surface area contributed by atoms with Crippen LogP contribution in [-0.2, 0) is 4.74 Å². The standard InChI is InChI=1S/C14H20BrFN2OS/c1-9(2)19-8-4-3-7-18-11-6-5-10(14(17)20)12(15)13(11)16/h5-6,9,18H,3-4,7-8H2,1-2H3,(H2,17,20). The average Bonchev–Trinajstić information content (AvgIpc) is 2.37. The van der Waals surface area contributed by atoms with Crippen molar-refractivity contribution in [2.75, 3.05) is 18.5 Å². The molecule has 0 saturated carbocycles. The van der Waals surface area contributed by atoms with Crippen LogP contribution in [0.25, 0.3) is 0 Å². The second kappa shape index (κ2) is 8.54. The Balaban J connectivity index is 2.45. The number of unbranched alkanes of at least 4 members (excludes halogenated alkanes) is 1. The highest BCUT2D eigenvalue weighted by atomic mass is 79.9. The molecule has 1 rings (SSSR count). The molecule has 3 nitrogen and oxygen atoms in total. The Morgan fingerprint density at radius 1 is 1.45 bits per heavy atom. The molecular formula is C14H20BrFN2OS. The van der Waals surface area contributed by atoms with Crippen LogP contribution in [0.5, 0.6) is 0 Å². The third kappa shape index (κ3) is 5.34. The van der Waals surface area contributed by atoms with Gasteiger partial charge in [-0.2, -0.15) is 0 Å².